The maximum absolute atomic E-state index is 6.39. The van der Waals surface area contributed by atoms with Gasteiger partial charge in [-0.15, -0.1) is 0 Å². The minimum atomic E-state index is 0.935. The molecule has 8 rings (SSSR count). The largest absolute Gasteiger partial charge is 0.455 e. The van der Waals surface area contributed by atoms with Crippen molar-refractivity contribution >= 4 is 60.0 Å². The number of pyridine rings is 1. The van der Waals surface area contributed by atoms with E-state index < -0.39 is 0 Å². The predicted molar refractivity (Wildman–Crippen MR) is 132 cm³/mol. The molecule has 0 N–H and O–H groups in total. The summed E-state index contributed by atoms with van der Waals surface area (Å²) in [6, 6.07) is 32.0. The Balaban J connectivity index is 1.56. The van der Waals surface area contributed by atoms with E-state index >= 15 is 0 Å². The Morgan fingerprint density at radius 1 is 0.625 bits per heavy atom. The Bertz CT molecular complexity index is 1980. The number of hydrogen-bond acceptors (Lipinski definition) is 2. The van der Waals surface area contributed by atoms with Crippen molar-refractivity contribution in [2.24, 2.45) is 0 Å². The van der Waals surface area contributed by atoms with Gasteiger partial charge < -0.3 is 8.82 Å². The van der Waals surface area contributed by atoms with Gasteiger partial charge >= 0.3 is 0 Å². The number of nitrogens with zero attached hydrogens (tertiary/aromatic N) is 2. The van der Waals surface area contributed by atoms with Crippen LogP contribution in [0.15, 0.2) is 102 Å². The fourth-order valence-electron chi connectivity index (χ4n) is 5.44. The summed E-state index contributed by atoms with van der Waals surface area (Å²) >= 11 is 0. The third kappa shape index (κ3) is 1.89. The molecule has 0 aliphatic carbocycles. The average molecular weight is 408 g/mol. The maximum atomic E-state index is 6.39. The highest BCUT2D eigenvalue weighted by atomic mass is 16.3. The molecule has 8 aromatic rings. The molecule has 4 heterocycles. The number of rotatable bonds is 1. The van der Waals surface area contributed by atoms with E-state index in [0.717, 1.165) is 22.4 Å². The zero-order valence-corrected chi connectivity index (χ0v) is 17.0. The van der Waals surface area contributed by atoms with Gasteiger partial charge in [0.1, 0.15) is 11.2 Å². The van der Waals surface area contributed by atoms with Crippen molar-refractivity contribution in [1.82, 2.24) is 9.38 Å². The molecule has 0 spiro atoms. The number of fused-ring (bicyclic) bond motifs is 10. The van der Waals surface area contributed by atoms with Crippen molar-refractivity contribution in [2.75, 3.05) is 0 Å². The first-order valence-electron chi connectivity index (χ1n) is 10.8. The zero-order chi connectivity index (χ0) is 20.8. The molecule has 0 saturated carbocycles. The summed E-state index contributed by atoms with van der Waals surface area (Å²) in [5, 5.41) is 7.27. The third-order valence-electron chi connectivity index (χ3n) is 6.78. The van der Waals surface area contributed by atoms with Crippen LogP contribution in [0.4, 0.5) is 0 Å². The molecule has 4 aromatic carbocycles. The number of aromatic nitrogens is 2. The predicted octanol–water partition coefficient (Wildman–Crippen LogP) is 7.80. The molecule has 0 bridgehead atoms. The molecule has 0 aliphatic rings. The molecule has 3 nitrogen and oxygen atoms in total. The van der Waals surface area contributed by atoms with E-state index in [1.54, 1.807) is 0 Å². The smallest absolute Gasteiger partial charge is 0.145 e. The molecule has 0 unspecified atom stereocenters. The second kappa shape index (κ2) is 5.65. The second-order valence-electron chi connectivity index (χ2n) is 8.42. The number of furan rings is 1. The fourth-order valence-corrected chi connectivity index (χ4v) is 5.44. The van der Waals surface area contributed by atoms with Crippen molar-refractivity contribution < 1.29 is 4.42 Å². The van der Waals surface area contributed by atoms with Crippen LogP contribution < -0.4 is 0 Å². The summed E-state index contributed by atoms with van der Waals surface area (Å²) in [6.07, 6.45) is 1.85. The van der Waals surface area contributed by atoms with Gasteiger partial charge in [0.25, 0.3) is 0 Å². The molecule has 0 radical (unpaired) electrons. The normalized spacial score (nSPS) is 12.4. The monoisotopic (exact) mass is 408 g/mol. The minimum absolute atomic E-state index is 0.935. The summed E-state index contributed by atoms with van der Waals surface area (Å²) in [4.78, 5) is 4.55. The first-order chi connectivity index (χ1) is 15.9. The molecule has 32 heavy (non-hydrogen) atoms. The highest BCUT2D eigenvalue weighted by Crippen LogP contribution is 2.44. The lowest BCUT2D eigenvalue weighted by molar-refractivity contribution is 0.673. The highest BCUT2D eigenvalue weighted by Gasteiger charge is 2.21. The van der Waals surface area contributed by atoms with Crippen LogP contribution in [-0.4, -0.2) is 9.38 Å². The van der Waals surface area contributed by atoms with Crippen LogP contribution >= 0.6 is 0 Å². The van der Waals surface area contributed by atoms with E-state index in [1.807, 2.05) is 30.5 Å². The summed E-state index contributed by atoms with van der Waals surface area (Å²) in [6.45, 7) is 0. The molecule has 0 fully saturated rings. The molecule has 0 saturated heterocycles. The summed E-state index contributed by atoms with van der Waals surface area (Å²) < 4.78 is 8.79. The first-order valence-corrected chi connectivity index (χ1v) is 10.8. The third-order valence-corrected chi connectivity index (χ3v) is 6.78. The van der Waals surface area contributed by atoms with Crippen molar-refractivity contribution in [2.45, 2.75) is 0 Å². The van der Waals surface area contributed by atoms with Gasteiger partial charge in [0.2, 0.25) is 0 Å². The van der Waals surface area contributed by atoms with Crippen LogP contribution in [0.3, 0.4) is 0 Å². The second-order valence-corrected chi connectivity index (χ2v) is 8.42. The molecule has 4 aromatic heterocycles. The molecule has 0 aliphatic heterocycles. The standard InChI is InChI=1S/C29H16N2O/c1-2-10-26-18(6-1)20-12-14-25-27(29(20)32-26)21-8-5-7-19-22-16-17(23-9-3-4-15-30-23)11-13-24(22)31(25)28(19)21/h1-16H. The molecule has 3 heteroatoms. The van der Waals surface area contributed by atoms with Crippen molar-refractivity contribution in [1.29, 1.82) is 0 Å². The Hall–Kier alpha value is -4.37. The summed E-state index contributed by atoms with van der Waals surface area (Å²) in [5.74, 6) is 0. The van der Waals surface area contributed by atoms with Crippen molar-refractivity contribution in [3.8, 4) is 11.3 Å². The van der Waals surface area contributed by atoms with E-state index in [-0.39, 0.29) is 0 Å². The Labute approximate surface area is 182 Å². The topological polar surface area (TPSA) is 30.4 Å². The van der Waals surface area contributed by atoms with Gasteiger partial charge in [-0.2, -0.15) is 0 Å². The lowest BCUT2D eigenvalue weighted by Crippen LogP contribution is -1.84. The van der Waals surface area contributed by atoms with Crippen LogP contribution in [0.1, 0.15) is 0 Å². The van der Waals surface area contributed by atoms with E-state index in [4.69, 9.17) is 4.42 Å². The first kappa shape index (κ1) is 16.3. The minimum Gasteiger partial charge on any atom is -0.455 e. The summed E-state index contributed by atoms with van der Waals surface area (Å²) in [7, 11) is 0. The Morgan fingerprint density at radius 3 is 2.41 bits per heavy atom. The van der Waals surface area contributed by atoms with E-state index in [0.29, 0.717) is 0 Å². The van der Waals surface area contributed by atoms with Crippen LogP contribution in [0.2, 0.25) is 0 Å². The summed E-state index contributed by atoms with van der Waals surface area (Å²) in [5.41, 5.74) is 7.68. The number of benzene rings is 4. The Morgan fingerprint density at radius 2 is 1.47 bits per heavy atom. The molecule has 0 atom stereocenters. The van der Waals surface area contributed by atoms with Crippen LogP contribution in [0.25, 0.3) is 71.3 Å². The van der Waals surface area contributed by atoms with Crippen LogP contribution in [0, 0.1) is 0 Å². The average Bonchev–Trinajstić information content (AvgIpc) is 3.50. The number of hydrogen-bond donors (Lipinski definition) is 0. The van der Waals surface area contributed by atoms with Gasteiger partial charge in [-0.1, -0.05) is 48.5 Å². The van der Waals surface area contributed by atoms with Gasteiger partial charge in [-0.3, -0.25) is 4.98 Å². The molecular formula is C29H16N2O. The van der Waals surface area contributed by atoms with Gasteiger partial charge in [0.05, 0.1) is 27.6 Å². The van der Waals surface area contributed by atoms with E-state index in [2.05, 4.69) is 76.1 Å². The molecule has 0 amide bonds. The van der Waals surface area contributed by atoms with Gasteiger partial charge in [0.15, 0.2) is 0 Å². The Kier molecular flexibility index (Phi) is 2.89. The highest BCUT2D eigenvalue weighted by molar-refractivity contribution is 6.29. The van der Waals surface area contributed by atoms with E-state index in [9.17, 15) is 0 Å². The zero-order valence-electron chi connectivity index (χ0n) is 17.0. The quantitative estimate of drug-likeness (QED) is 0.277. The SMILES string of the molecule is c1ccc(-c2ccc3c(c2)c2cccc4c5c6oc7ccccc7c6ccc5n3c24)nc1. The number of para-hydroxylation sites is 2. The lowest BCUT2D eigenvalue weighted by atomic mass is 10.0. The molecular weight excluding hydrogens is 392 g/mol. The van der Waals surface area contributed by atoms with Crippen LogP contribution in [0.5, 0.6) is 0 Å². The maximum Gasteiger partial charge on any atom is 0.145 e. The molecule has 148 valence electrons. The van der Waals surface area contributed by atoms with E-state index in [1.165, 1.54) is 48.9 Å². The lowest BCUT2D eigenvalue weighted by Gasteiger charge is -2.03. The van der Waals surface area contributed by atoms with Gasteiger partial charge in [-0.25, -0.2) is 0 Å². The van der Waals surface area contributed by atoms with Crippen molar-refractivity contribution in [3.63, 3.8) is 0 Å². The van der Waals surface area contributed by atoms with Crippen LogP contribution in [-0.2, 0) is 0 Å². The van der Waals surface area contributed by atoms with Gasteiger partial charge in [0, 0.05) is 38.7 Å². The van der Waals surface area contributed by atoms with Crippen molar-refractivity contribution in [3.05, 3.63) is 97.2 Å². The fraction of sp³-hybridized carbons (Fsp3) is 0. The van der Waals surface area contributed by atoms with Gasteiger partial charge in [-0.05, 0) is 42.5 Å².